The first-order valence-corrected chi connectivity index (χ1v) is 9.81. The molecule has 0 aliphatic heterocycles. The van der Waals surface area contributed by atoms with Crippen LogP contribution in [-0.2, 0) is 17.8 Å². The molecule has 0 atom stereocenters. The summed E-state index contributed by atoms with van der Waals surface area (Å²) in [5.41, 5.74) is 9.40. The smallest absolute Gasteiger partial charge is 0.254 e. The summed E-state index contributed by atoms with van der Waals surface area (Å²) in [5, 5.41) is 5.11. The number of nitrogen functional groups attached to an aromatic ring is 1. The number of amides is 1. The summed E-state index contributed by atoms with van der Waals surface area (Å²) in [6.45, 7) is 4.37. The molecule has 0 spiro atoms. The number of aromatic nitrogens is 5. The minimum absolute atomic E-state index is 0.0660. The van der Waals surface area contributed by atoms with Crippen LogP contribution in [0.3, 0.4) is 0 Å². The van der Waals surface area contributed by atoms with E-state index in [0.29, 0.717) is 25.2 Å². The molecule has 3 aromatic heterocycles. The van der Waals surface area contributed by atoms with Gasteiger partial charge in [0.1, 0.15) is 5.01 Å². The average molecular weight is 395 g/mol. The van der Waals surface area contributed by atoms with Crippen molar-refractivity contribution in [3.63, 3.8) is 0 Å². The van der Waals surface area contributed by atoms with Crippen LogP contribution in [0.5, 0.6) is 0 Å². The minimum Gasteiger partial charge on any atom is -0.366 e. The van der Waals surface area contributed by atoms with Gasteiger partial charge >= 0.3 is 0 Å². The summed E-state index contributed by atoms with van der Waals surface area (Å²) in [6, 6.07) is 8.00. The number of anilines is 1. The molecule has 0 aliphatic rings. The van der Waals surface area contributed by atoms with Gasteiger partial charge in [-0.1, -0.05) is 12.1 Å². The summed E-state index contributed by atoms with van der Waals surface area (Å²) < 4.78 is 2.77. The third kappa shape index (κ3) is 3.40. The molecule has 2 N–H and O–H groups in total. The number of rotatable bonds is 5. The summed E-state index contributed by atoms with van der Waals surface area (Å²) >= 11 is 1.62. The highest BCUT2D eigenvalue weighted by Gasteiger charge is 2.16. The highest BCUT2D eigenvalue weighted by Crippen LogP contribution is 2.23. The van der Waals surface area contributed by atoms with Crippen molar-refractivity contribution >= 4 is 39.2 Å². The molecule has 9 heteroatoms. The van der Waals surface area contributed by atoms with E-state index >= 15 is 0 Å². The van der Waals surface area contributed by atoms with E-state index < -0.39 is 0 Å². The number of benzene rings is 1. The van der Waals surface area contributed by atoms with E-state index in [1.165, 1.54) is 0 Å². The molecule has 0 aliphatic carbocycles. The maximum atomic E-state index is 12.7. The molecule has 8 nitrogen and oxygen atoms in total. The van der Waals surface area contributed by atoms with Gasteiger partial charge in [-0.05, 0) is 38.0 Å². The fraction of sp³-hybridized carbons (Fsp3) is 0.316. The number of para-hydroxylation sites is 1. The van der Waals surface area contributed by atoms with Crippen LogP contribution in [0, 0.1) is 13.8 Å². The largest absolute Gasteiger partial charge is 0.366 e. The molecule has 0 fully saturated rings. The van der Waals surface area contributed by atoms with E-state index in [-0.39, 0.29) is 11.9 Å². The predicted octanol–water partition coefficient (Wildman–Crippen LogP) is 2.52. The fourth-order valence-electron chi connectivity index (χ4n) is 3.29. The van der Waals surface area contributed by atoms with Gasteiger partial charge in [0.05, 0.1) is 16.8 Å². The lowest BCUT2D eigenvalue weighted by molar-refractivity contribution is -0.130. The molecule has 1 aromatic carbocycles. The highest BCUT2D eigenvalue weighted by atomic mass is 32.1. The number of nitrogens with two attached hydrogens (primary N) is 1. The van der Waals surface area contributed by atoms with Crippen LogP contribution in [0.15, 0.2) is 24.3 Å². The SMILES string of the molecule is Cc1nc2nc(N)nn2c(C)c1CCC(=O)N(C)Cc1nc2ccccc2s1. The van der Waals surface area contributed by atoms with Gasteiger partial charge in [0.25, 0.3) is 5.78 Å². The Morgan fingerprint density at radius 1 is 1.21 bits per heavy atom. The highest BCUT2D eigenvalue weighted by molar-refractivity contribution is 7.18. The van der Waals surface area contributed by atoms with Crippen molar-refractivity contribution in [1.82, 2.24) is 29.5 Å². The second-order valence-electron chi connectivity index (χ2n) is 6.77. The molecule has 0 bridgehead atoms. The molecule has 0 saturated heterocycles. The second-order valence-corrected chi connectivity index (χ2v) is 7.88. The molecule has 4 aromatic rings. The number of nitrogens with zero attached hydrogens (tertiary/aromatic N) is 6. The van der Waals surface area contributed by atoms with Gasteiger partial charge in [-0.3, -0.25) is 4.79 Å². The van der Waals surface area contributed by atoms with Gasteiger partial charge in [-0.25, -0.2) is 9.97 Å². The first-order chi connectivity index (χ1) is 13.4. The van der Waals surface area contributed by atoms with Crippen LogP contribution >= 0.6 is 11.3 Å². The van der Waals surface area contributed by atoms with Crippen molar-refractivity contribution < 1.29 is 4.79 Å². The van der Waals surface area contributed by atoms with Crippen molar-refractivity contribution in [3.8, 4) is 0 Å². The third-order valence-electron chi connectivity index (χ3n) is 4.79. The standard InChI is InChI=1S/C19H21N7OS/c1-11-13(12(2)26-19(21-11)23-18(20)24-26)8-9-17(27)25(3)10-16-22-14-6-4-5-7-15(14)28-16/h4-7H,8-10H2,1-3H3,(H2,20,24). The van der Waals surface area contributed by atoms with E-state index in [2.05, 4.69) is 20.1 Å². The van der Waals surface area contributed by atoms with Crippen molar-refractivity contribution in [2.45, 2.75) is 33.2 Å². The summed E-state index contributed by atoms with van der Waals surface area (Å²) in [4.78, 5) is 27.5. The summed E-state index contributed by atoms with van der Waals surface area (Å²) in [5.74, 6) is 0.741. The topological polar surface area (TPSA) is 102 Å². The Labute approximate surface area is 166 Å². The zero-order chi connectivity index (χ0) is 19.8. The Morgan fingerprint density at radius 2 is 2.00 bits per heavy atom. The number of thiazole rings is 1. The normalized spacial score (nSPS) is 11.4. The van der Waals surface area contributed by atoms with Gasteiger partial charge < -0.3 is 10.6 Å². The number of aryl methyl sites for hydroxylation is 2. The lowest BCUT2D eigenvalue weighted by Crippen LogP contribution is -2.26. The van der Waals surface area contributed by atoms with Crippen molar-refractivity contribution in [2.24, 2.45) is 0 Å². The molecule has 4 rings (SSSR count). The van der Waals surface area contributed by atoms with Crippen LogP contribution < -0.4 is 5.73 Å². The average Bonchev–Trinajstić information content (AvgIpc) is 3.23. The minimum atomic E-state index is 0.0660. The van der Waals surface area contributed by atoms with Crippen LogP contribution in [-0.4, -0.2) is 42.4 Å². The summed E-state index contributed by atoms with van der Waals surface area (Å²) in [6.07, 6.45) is 0.976. The van der Waals surface area contributed by atoms with E-state index in [4.69, 9.17) is 5.73 Å². The monoisotopic (exact) mass is 395 g/mol. The molecule has 28 heavy (non-hydrogen) atoms. The van der Waals surface area contributed by atoms with Gasteiger partial charge in [0.2, 0.25) is 11.9 Å². The van der Waals surface area contributed by atoms with Crippen LogP contribution in [0.4, 0.5) is 5.95 Å². The van der Waals surface area contributed by atoms with Crippen molar-refractivity contribution in [1.29, 1.82) is 0 Å². The fourth-order valence-corrected chi connectivity index (χ4v) is 4.31. The van der Waals surface area contributed by atoms with Gasteiger partial charge in [-0.15, -0.1) is 16.4 Å². The number of fused-ring (bicyclic) bond motifs is 2. The Kier molecular flexibility index (Phi) is 4.68. The van der Waals surface area contributed by atoms with E-state index in [1.807, 2.05) is 45.2 Å². The number of hydrogen-bond acceptors (Lipinski definition) is 7. The first-order valence-electron chi connectivity index (χ1n) is 8.99. The molecule has 1 amide bonds. The van der Waals surface area contributed by atoms with Crippen LogP contribution in [0.1, 0.15) is 28.4 Å². The lowest BCUT2D eigenvalue weighted by atomic mass is 10.1. The zero-order valence-corrected chi connectivity index (χ0v) is 16.8. The quantitative estimate of drug-likeness (QED) is 0.557. The molecule has 3 heterocycles. The molecular formula is C19H21N7OS. The Hall–Kier alpha value is -3.07. The number of carbonyl (C=O) groups excluding carboxylic acids is 1. The molecular weight excluding hydrogens is 374 g/mol. The molecule has 144 valence electrons. The number of hydrogen-bond donors (Lipinski definition) is 1. The molecule has 0 saturated carbocycles. The maximum Gasteiger partial charge on any atom is 0.254 e. The van der Waals surface area contributed by atoms with Crippen molar-refractivity contribution in [3.05, 3.63) is 46.2 Å². The number of carbonyl (C=O) groups is 1. The Morgan fingerprint density at radius 3 is 2.79 bits per heavy atom. The van der Waals surface area contributed by atoms with E-state index in [9.17, 15) is 4.79 Å². The molecule has 0 unspecified atom stereocenters. The van der Waals surface area contributed by atoms with Crippen LogP contribution in [0.2, 0.25) is 0 Å². The van der Waals surface area contributed by atoms with Gasteiger partial charge in [-0.2, -0.15) is 9.50 Å². The predicted molar refractivity (Wildman–Crippen MR) is 109 cm³/mol. The lowest BCUT2D eigenvalue weighted by Gasteiger charge is -2.16. The maximum absolute atomic E-state index is 12.7. The third-order valence-corrected chi connectivity index (χ3v) is 5.81. The van der Waals surface area contributed by atoms with E-state index in [1.54, 1.807) is 20.8 Å². The summed E-state index contributed by atoms with van der Waals surface area (Å²) in [7, 11) is 1.81. The first kappa shape index (κ1) is 18.3. The molecule has 0 radical (unpaired) electrons. The second kappa shape index (κ2) is 7.16. The van der Waals surface area contributed by atoms with Crippen molar-refractivity contribution in [2.75, 3.05) is 12.8 Å². The Bertz CT molecular complexity index is 1150. The van der Waals surface area contributed by atoms with Gasteiger partial charge in [0.15, 0.2) is 0 Å². The van der Waals surface area contributed by atoms with Crippen LogP contribution in [0.25, 0.3) is 16.0 Å². The Balaban J connectivity index is 1.45. The van der Waals surface area contributed by atoms with Gasteiger partial charge in [0, 0.05) is 24.9 Å². The van der Waals surface area contributed by atoms with E-state index in [0.717, 1.165) is 32.2 Å². The zero-order valence-electron chi connectivity index (χ0n) is 16.0.